The van der Waals surface area contributed by atoms with E-state index in [9.17, 15) is 13.2 Å². The molecule has 0 fully saturated rings. The molecule has 0 spiro atoms. The van der Waals surface area contributed by atoms with Gasteiger partial charge in [0.05, 0.1) is 6.42 Å². The molecule has 0 radical (unpaired) electrons. The lowest BCUT2D eigenvalue weighted by Crippen LogP contribution is -2.15. The molecule has 5 heteroatoms. The number of rotatable bonds is 3. The zero-order valence-electron chi connectivity index (χ0n) is 8.77. The minimum atomic E-state index is -4.11. The van der Waals surface area contributed by atoms with Gasteiger partial charge in [-0.2, -0.15) is 13.2 Å². The topological polar surface area (TPSA) is 24.9 Å². The summed E-state index contributed by atoms with van der Waals surface area (Å²) in [5, 5.41) is 2.70. The van der Waals surface area contributed by atoms with E-state index in [-0.39, 0.29) is 6.54 Å². The molecule has 0 aromatic carbocycles. The smallest absolute Gasteiger partial charge is 0.370 e. The van der Waals surface area contributed by atoms with Gasteiger partial charge in [-0.25, -0.2) is 4.98 Å². The summed E-state index contributed by atoms with van der Waals surface area (Å²) in [6.07, 6.45) is -1.88. The van der Waals surface area contributed by atoms with Crippen molar-refractivity contribution in [2.45, 2.75) is 31.9 Å². The Bertz CT molecular complexity index is 374. The highest BCUT2D eigenvalue weighted by atomic mass is 19.4. The molecule has 88 valence electrons. The second-order valence-corrected chi connectivity index (χ2v) is 3.95. The zero-order valence-corrected chi connectivity index (χ0v) is 8.77. The number of aromatic nitrogens is 1. The highest BCUT2D eigenvalue weighted by Gasteiger charge is 2.26. The molecule has 1 aliphatic rings. The van der Waals surface area contributed by atoms with Gasteiger partial charge in [0.2, 0.25) is 0 Å². The molecule has 2 rings (SSSR count). The Morgan fingerprint density at radius 3 is 2.81 bits per heavy atom. The first kappa shape index (κ1) is 11.2. The number of pyridine rings is 1. The van der Waals surface area contributed by atoms with Crippen molar-refractivity contribution >= 4 is 5.82 Å². The van der Waals surface area contributed by atoms with E-state index in [1.807, 2.05) is 6.07 Å². The van der Waals surface area contributed by atoms with E-state index in [2.05, 4.69) is 10.3 Å². The molecular formula is C11H13F3N2. The Kier molecular flexibility index (Phi) is 3.03. The van der Waals surface area contributed by atoms with Crippen LogP contribution in [0, 0.1) is 0 Å². The third-order valence-electron chi connectivity index (χ3n) is 2.64. The number of anilines is 1. The maximum Gasteiger partial charge on any atom is 0.390 e. The summed E-state index contributed by atoms with van der Waals surface area (Å²) in [6.45, 7) is -0.116. The van der Waals surface area contributed by atoms with Gasteiger partial charge in [-0.15, -0.1) is 0 Å². The molecule has 0 atom stereocenters. The normalized spacial score (nSPS) is 14.9. The van der Waals surface area contributed by atoms with E-state index in [4.69, 9.17) is 0 Å². The summed E-state index contributed by atoms with van der Waals surface area (Å²) in [7, 11) is 0. The monoisotopic (exact) mass is 230 g/mol. The van der Waals surface area contributed by atoms with Crippen molar-refractivity contribution in [2.24, 2.45) is 0 Å². The molecule has 1 aromatic heterocycles. The first-order valence-corrected chi connectivity index (χ1v) is 5.34. The van der Waals surface area contributed by atoms with Crippen LogP contribution in [0.1, 0.15) is 24.1 Å². The second kappa shape index (κ2) is 4.31. The highest BCUT2D eigenvalue weighted by Crippen LogP contribution is 2.22. The van der Waals surface area contributed by atoms with E-state index < -0.39 is 12.6 Å². The number of alkyl halides is 3. The van der Waals surface area contributed by atoms with Gasteiger partial charge in [-0.05, 0) is 30.9 Å². The van der Waals surface area contributed by atoms with Gasteiger partial charge in [-0.3, -0.25) is 0 Å². The van der Waals surface area contributed by atoms with Crippen molar-refractivity contribution in [3.63, 3.8) is 0 Å². The van der Waals surface area contributed by atoms with Crippen LogP contribution in [0.3, 0.4) is 0 Å². The Hall–Kier alpha value is -1.26. The fraction of sp³-hybridized carbons (Fsp3) is 0.545. The van der Waals surface area contributed by atoms with Crippen LogP contribution in [-0.2, 0) is 12.8 Å². The average molecular weight is 230 g/mol. The van der Waals surface area contributed by atoms with E-state index >= 15 is 0 Å². The van der Waals surface area contributed by atoms with E-state index in [1.165, 1.54) is 5.56 Å². The van der Waals surface area contributed by atoms with Crippen molar-refractivity contribution in [3.8, 4) is 0 Å². The molecule has 1 heterocycles. The molecule has 16 heavy (non-hydrogen) atoms. The van der Waals surface area contributed by atoms with Gasteiger partial charge in [0.1, 0.15) is 5.82 Å². The first-order chi connectivity index (χ1) is 7.54. The minimum absolute atomic E-state index is 0.116. The molecule has 0 bridgehead atoms. The van der Waals surface area contributed by atoms with Crippen molar-refractivity contribution in [3.05, 3.63) is 23.4 Å². The predicted molar refractivity (Wildman–Crippen MR) is 55.4 cm³/mol. The number of hydrogen-bond donors (Lipinski definition) is 1. The van der Waals surface area contributed by atoms with Gasteiger partial charge in [0.25, 0.3) is 0 Å². The largest absolute Gasteiger partial charge is 0.390 e. The lowest BCUT2D eigenvalue weighted by molar-refractivity contribution is -0.131. The average Bonchev–Trinajstić information content (AvgIpc) is 2.62. The van der Waals surface area contributed by atoms with E-state index in [0.717, 1.165) is 25.0 Å². The van der Waals surface area contributed by atoms with Crippen molar-refractivity contribution in [2.75, 3.05) is 11.9 Å². The fourth-order valence-corrected chi connectivity index (χ4v) is 1.85. The van der Waals surface area contributed by atoms with Gasteiger partial charge in [0.15, 0.2) is 0 Å². The van der Waals surface area contributed by atoms with Gasteiger partial charge < -0.3 is 5.32 Å². The maximum absolute atomic E-state index is 11.9. The second-order valence-electron chi connectivity index (χ2n) is 3.95. The maximum atomic E-state index is 11.9. The van der Waals surface area contributed by atoms with Crippen molar-refractivity contribution in [1.29, 1.82) is 0 Å². The minimum Gasteiger partial charge on any atom is -0.370 e. The summed E-state index contributed by atoms with van der Waals surface area (Å²) in [5.74, 6) is 0.546. The third-order valence-corrected chi connectivity index (χ3v) is 2.64. The van der Waals surface area contributed by atoms with Crippen LogP contribution in [0.25, 0.3) is 0 Å². The van der Waals surface area contributed by atoms with Crippen LogP contribution >= 0.6 is 0 Å². The fourth-order valence-electron chi connectivity index (χ4n) is 1.85. The molecule has 1 aliphatic carbocycles. The summed E-state index contributed by atoms with van der Waals surface area (Å²) in [6, 6.07) is 3.70. The number of nitrogens with zero attached hydrogens (tertiary/aromatic N) is 1. The number of halogens is 3. The molecule has 0 aliphatic heterocycles. The summed E-state index contributed by atoms with van der Waals surface area (Å²) in [4.78, 5) is 4.29. The van der Waals surface area contributed by atoms with Crippen molar-refractivity contribution in [1.82, 2.24) is 4.98 Å². The van der Waals surface area contributed by atoms with Crippen LogP contribution in [0.15, 0.2) is 12.1 Å². The molecule has 1 aromatic rings. The Morgan fingerprint density at radius 2 is 2.06 bits per heavy atom. The Balaban J connectivity index is 1.91. The molecule has 0 saturated heterocycles. The van der Waals surface area contributed by atoms with Gasteiger partial charge in [-0.1, -0.05) is 6.07 Å². The quantitative estimate of drug-likeness (QED) is 0.863. The highest BCUT2D eigenvalue weighted by molar-refractivity contribution is 5.40. The van der Waals surface area contributed by atoms with Crippen LogP contribution < -0.4 is 5.32 Å². The first-order valence-electron chi connectivity index (χ1n) is 5.34. The van der Waals surface area contributed by atoms with Crippen LogP contribution in [0.2, 0.25) is 0 Å². The standard InChI is InChI=1S/C11H13F3N2/c12-11(13,14)6-7-15-10-5-4-8-2-1-3-9(8)16-10/h4-5H,1-3,6-7H2,(H,15,16). The molecule has 0 saturated carbocycles. The van der Waals surface area contributed by atoms with Gasteiger partial charge in [0, 0.05) is 12.2 Å². The lowest BCUT2D eigenvalue weighted by atomic mass is 10.2. The molecule has 0 amide bonds. The molecule has 0 unspecified atom stereocenters. The van der Waals surface area contributed by atoms with Crippen LogP contribution in [0.4, 0.5) is 19.0 Å². The van der Waals surface area contributed by atoms with E-state index in [1.54, 1.807) is 6.07 Å². The molecule has 2 nitrogen and oxygen atoms in total. The predicted octanol–water partition coefficient (Wildman–Crippen LogP) is 2.93. The summed E-state index contributed by atoms with van der Waals surface area (Å²) < 4.78 is 35.8. The zero-order chi connectivity index (χ0) is 11.6. The number of nitrogens with one attached hydrogen (secondary N) is 1. The van der Waals surface area contributed by atoms with Crippen LogP contribution in [-0.4, -0.2) is 17.7 Å². The van der Waals surface area contributed by atoms with Crippen molar-refractivity contribution < 1.29 is 13.2 Å². The molecular weight excluding hydrogens is 217 g/mol. The SMILES string of the molecule is FC(F)(F)CCNc1ccc2c(n1)CCC2. The van der Waals surface area contributed by atoms with Crippen LogP contribution in [0.5, 0.6) is 0 Å². The van der Waals surface area contributed by atoms with E-state index in [0.29, 0.717) is 5.82 Å². The third kappa shape index (κ3) is 2.87. The van der Waals surface area contributed by atoms with Gasteiger partial charge >= 0.3 is 6.18 Å². The number of aryl methyl sites for hydroxylation is 2. The summed E-state index contributed by atoms with van der Waals surface area (Å²) >= 11 is 0. The number of hydrogen-bond acceptors (Lipinski definition) is 2. The molecule has 1 N–H and O–H groups in total. The Labute approximate surface area is 91.9 Å². The lowest BCUT2D eigenvalue weighted by Gasteiger charge is -2.09. The summed E-state index contributed by atoms with van der Waals surface area (Å²) in [5.41, 5.74) is 2.25. The Morgan fingerprint density at radius 1 is 1.25 bits per heavy atom. The number of fused-ring (bicyclic) bond motifs is 1.